The molecule has 0 aliphatic heterocycles. The van der Waals surface area contributed by atoms with Crippen molar-refractivity contribution in [2.45, 2.75) is 13.3 Å². The molecule has 0 atom stereocenters. The zero-order valence-electron chi connectivity index (χ0n) is 8.64. The van der Waals surface area contributed by atoms with Crippen molar-refractivity contribution in [3.8, 4) is 0 Å². The van der Waals surface area contributed by atoms with Crippen LogP contribution in [0.25, 0.3) is 0 Å². The van der Waals surface area contributed by atoms with Crippen LogP contribution in [0.2, 0.25) is 0 Å². The van der Waals surface area contributed by atoms with Crippen molar-refractivity contribution in [1.29, 1.82) is 0 Å². The largest absolute Gasteiger partial charge is 3.00 e. The van der Waals surface area contributed by atoms with Gasteiger partial charge in [-0.05, 0) is 0 Å². The molecule has 0 heterocycles. The smallest absolute Gasteiger partial charge is 0.417 e. The molecule has 0 radical (unpaired) electrons. The van der Waals surface area contributed by atoms with E-state index in [1.54, 1.807) is 21.1 Å². The van der Waals surface area contributed by atoms with Crippen molar-refractivity contribution < 1.29 is 42.2 Å². The zero-order valence-corrected chi connectivity index (χ0v) is 11.5. The van der Waals surface area contributed by atoms with Crippen molar-refractivity contribution >= 4 is 0 Å². The van der Waals surface area contributed by atoms with Gasteiger partial charge in [-0.1, -0.05) is 6.61 Å². The van der Waals surface area contributed by atoms with E-state index in [9.17, 15) is 0 Å². The predicted molar refractivity (Wildman–Crippen MR) is 50.1 cm³/mol. The monoisotopic (exact) mass is 250 g/mol. The minimum Gasteiger partial charge on any atom is -0.417 e. The van der Waals surface area contributed by atoms with Crippen LogP contribution in [0.4, 0.5) is 0 Å². The maximum Gasteiger partial charge on any atom is 3.00 e. The summed E-state index contributed by atoms with van der Waals surface area (Å²) in [6.07, 6.45) is 0.872. The van der Waals surface area contributed by atoms with E-state index in [0.29, 0.717) is 6.61 Å². The second kappa shape index (κ2) is 40.3. The molecule has 2 nitrogen and oxygen atoms in total. The maximum atomic E-state index is 4.63. The van der Waals surface area contributed by atoms with Crippen molar-refractivity contribution in [1.82, 2.24) is 0 Å². The van der Waals surface area contributed by atoms with Gasteiger partial charge in [0.05, 0.1) is 0 Å². The van der Waals surface area contributed by atoms with Crippen LogP contribution in [0.1, 0.15) is 13.3 Å². The number of methoxy groups -OCH3 is 2. The Morgan fingerprint density at radius 2 is 1.33 bits per heavy atom. The summed E-state index contributed by atoms with van der Waals surface area (Å²) in [5.41, 5.74) is 0. The maximum absolute atomic E-state index is 4.63. The molecule has 0 spiro atoms. The Morgan fingerprint density at radius 1 is 1.00 bits per heavy atom. The molecule has 0 aliphatic rings. The average molecular weight is 250 g/mol. The Bertz CT molecular complexity index is 31.7. The van der Waals surface area contributed by atoms with E-state index in [0.717, 1.165) is 13.0 Å². The summed E-state index contributed by atoms with van der Waals surface area (Å²) in [7, 11) is 3.29. The first-order chi connectivity index (χ1) is 5.33. The van der Waals surface area contributed by atoms with Gasteiger partial charge in [0.15, 0.2) is 0 Å². The minimum atomic E-state index is 0. The summed E-state index contributed by atoms with van der Waals surface area (Å²) in [6, 6.07) is 0. The standard InChI is InChI=1S/C4H9O.C3H7O.C2H5.Y/c1-3-4-5-2;1-3-4-2;1-2;/h1,3-4H2,2H3;1,3H2,2H3;1H2,2H3;/q3*-1;+3. The molecule has 0 fully saturated rings. The summed E-state index contributed by atoms with van der Waals surface area (Å²) in [5.74, 6) is 0. The molecule has 0 rings (SSSR count). The summed E-state index contributed by atoms with van der Waals surface area (Å²) < 4.78 is 9.06. The molecule has 0 aliphatic carbocycles. The predicted octanol–water partition coefficient (Wildman–Crippen LogP) is 2.16. The normalized spacial score (nSPS) is 6.50. The number of hydrogen-bond acceptors (Lipinski definition) is 2. The topological polar surface area (TPSA) is 18.5 Å². The summed E-state index contributed by atoms with van der Waals surface area (Å²) in [6.45, 7) is 13.3. The summed E-state index contributed by atoms with van der Waals surface area (Å²) in [4.78, 5) is 0. The number of ether oxygens (including phenoxy) is 2. The summed E-state index contributed by atoms with van der Waals surface area (Å²) >= 11 is 0. The second-order valence-electron chi connectivity index (χ2n) is 1.34. The molecular formula is C9H21O2Y. The van der Waals surface area contributed by atoms with Crippen LogP contribution in [-0.2, 0) is 42.2 Å². The van der Waals surface area contributed by atoms with Crippen molar-refractivity contribution in [2.75, 3.05) is 27.4 Å². The third kappa shape index (κ3) is 68.4. The fraction of sp³-hybridized carbons (Fsp3) is 0.667. The van der Waals surface area contributed by atoms with Gasteiger partial charge in [0.1, 0.15) is 0 Å². The molecule has 0 aromatic heterocycles. The second-order valence-corrected chi connectivity index (χ2v) is 1.34. The van der Waals surface area contributed by atoms with E-state index in [-0.39, 0.29) is 32.7 Å². The van der Waals surface area contributed by atoms with Gasteiger partial charge < -0.3 is 30.2 Å². The molecule has 0 unspecified atom stereocenters. The van der Waals surface area contributed by atoms with E-state index in [1.807, 2.05) is 0 Å². The zero-order chi connectivity index (χ0) is 9.54. The van der Waals surface area contributed by atoms with Gasteiger partial charge in [0, 0.05) is 20.8 Å². The van der Waals surface area contributed by atoms with E-state index in [1.165, 1.54) is 0 Å². The molecule has 3 heteroatoms. The van der Waals surface area contributed by atoms with Gasteiger partial charge in [-0.25, -0.2) is 0 Å². The first-order valence-electron chi connectivity index (χ1n) is 3.60. The van der Waals surface area contributed by atoms with Gasteiger partial charge in [0.2, 0.25) is 0 Å². The Labute approximate surface area is 103 Å². The fourth-order valence-corrected chi connectivity index (χ4v) is 0.144. The van der Waals surface area contributed by atoms with E-state index >= 15 is 0 Å². The third-order valence-corrected chi connectivity index (χ3v) is 0.553. The van der Waals surface area contributed by atoms with Gasteiger partial charge in [0.25, 0.3) is 0 Å². The molecule has 0 aromatic carbocycles. The molecule has 0 saturated carbocycles. The molecule has 12 heavy (non-hydrogen) atoms. The summed E-state index contributed by atoms with van der Waals surface area (Å²) in [5, 5.41) is 0. The van der Waals surface area contributed by atoms with Crippen molar-refractivity contribution in [2.24, 2.45) is 0 Å². The Hall–Kier alpha value is 1.02. The van der Waals surface area contributed by atoms with Crippen LogP contribution in [0.3, 0.4) is 0 Å². The molecule has 0 bridgehead atoms. The van der Waals surface area contributed by atoms with Gasteiger partial charge in [-0.15, -0.1) is 0 Å². The van der Waals surface area contributed by atoms with Crippen LogP contribution in [0.15, 0.2) is 0 Å². The van der Waals surface area contributed by atoms with Crippen LogP contribution >= 0.6 is 0 Å². The minimum absolute atomic E-state index is 0. The average Bonchev–Trinajstić information content (AvgIpc) is 2.10. The van der Waals surface area contributed by atoms with Crippen LogP contribution in [0.5, 0.6) is 0 Å². The number of hydrogen-bond donors (Lipinski definition) is 0. The Kier molecular flexibility index (Phi) is 77.6. The number of rotatable bonds is 3. The quantitative estimate of drug-likeness (QED) is 0.714. The molecular weight excluding hydrogens is 229 g/mol. The van der Waals surface area contributed by atoms with Crippen LogP contribution in [-0.4, -0.2) is 27.4 Å². The van der Waals surface area contributed by atoms with Gasteiger partial charge >= 0.3 is 32.7 Å². The van der Waals surface area contributed by atoms with Gasteiger partial charge in [-0.2, -0.15) is 13.3 Å². The van der Waals surface area contributed by atoms with Gasteiger partial charge in [-0.3, -0.25) is 0 Å². The van der Waals surface area contributed by atoms with E-state index in [4.69, 9.17) is 0 Å². The molecule has 0 amide bonds. The third-order valence-electron chi connectivity index (χ3n) is 0.553. The van der Waals surface area contributed by atoms with Crippen molar-refractivity contribution in [3.63, 3.8) is 0 Å². The van der Waals surface area contributed by atoms with E-state index < -0.39 is 0 Å². The van der Waals surface area contributed by atoms with Crippen molar-refractivity contribution in [3.05, 3.63) is 20.8 Å². The molecule has 0 N–H and O–H groups in total. The fourth-order valence-electron chi connectivity index (χ4n) is 0.144. The van der Waals surface area contributed by atoms with Crippen LogP contribution < -0.4 is 0 Å². The SMILES string of the molecule is [CH2-]C.[CH2-]CCOC.[CH2-]COC.[Y+3]. The molecule has 72 valence electrons. The first-order valence-corrected chi connectivity index (χ1v) is 3.60. The molecule has 0 aromatic rings. The first kappa shape index (κ1) is 23.1. The Balaban J connectivity index is -0.0000000419. The van der Waals surface area contributed by atoms with Crippen LogP contribution in [0, 0.1) is 20.8 Å². The molecule has 0 saturated heterocycles. The Morgan fingerprint density at radius 3 is 1.33 bits per heavy atom. The van der Waals surface area contributed by atoms with E-state index in [2.05, 4.69) is 30.2 Å².